The number of carbonyl (C=O) groups is 1. The van der Waals surface area contributed by atoms with Crippen molar-refractivity contribution >= 4 is 18.1 Å². The van der Waals surface area contributed by atoms with Gasteiger partial charge in [-0.25, -0.2) is 4.57 Å². The fraction of sp³-hybridized carbons (Fsp3) is 0.222. The number of carboxylic acid groups (broad SMARTS) is 1. The van der Waals surface area contributed by atoms with Gasteiger partial charge in [0.15, 0.2) is 12.4 Å². The van der Waals surface area contributed by atoms with Crippen LogP contribution in [0.5, 0.6) is 0 Å². The van der Waals surface area contributed by atoms with Crippen molar-refractivity contribution in [1.82, 2.24) is 0 Å². The highest BCUT2D eigenvalue weighted by atomic mass is 16.4. The van der Waals surface area contributed by atoms with Gasteiger partial charge in [-0.05, 0) is 29.0 Å². The summed E-state index contributed by atoms with van der Waals surface area (Å²) in [5.41, 5.74) is 3.25. The summed E-state index contributed by atoms with van der Waals surface area (Å²) in [4.78, 5) is 10.6. The van der Waals surface area contributed by atoms with E-state index >= 15 is 0 Å². The summed E-state index contributed by atoms with van der Waals surface area (Å²) in [6.45, 7) is 1.89. The molecule has 1 heterocycles. The van der Waals surface area contributed by atoms with Crippen molar-refractivity contribution in [2.24, 2.45) is 7.05 Å². The van der Waals surface area contributed by atoms with Crippen LogP contribution < -0.4 is 9.67 Å². The first-order valence-corrected chi connectivity index (χ1v) is 6.98. The van der Waals surface area contributed by atoms with Gasteiger partial charge in [0.1, 0.15) is 7.05 Å². The maximum Gasteiger partial charge on any atom is 0.169 e. The predicted octanol–water partition coefficient (Wildman–Crippen LogP) is 1.92. The Morgan fingerprint density at radius 1 is 1.10 bits per heavy atom. The highest BCUT2D eigenvalue weighted by Gasteiger charge is 2.05. The van der Waals surface area contributed by atoms with Crippen LogP contribution in [0.15, 0.2) is 48.8 Å². The molecule has 0 bridgehead atoms. The van der Waals surface area contributed by atoms with E-state index in [-0.39, 0.29) is 12.3 Å². The molecular weight excluding hydrogens is 262 g/mol. The number of pyridine rings is 1. The smallest absolute Gasteiger partial charge is 0.169 e. The topological polar surface area (TPSA) is 44.0 Å². The summed E-state index contributed by atoms with van der Waals surface area (Å²) < 4.78 is 1.99. The molecule has 2 aromatic rings. The Balaban J connectivity index is 2.05. The van der Waals surface area contributed by atoms with Crippen LogP contribution in [0.25, 0.3) is 12.2 Å². The molecule has 1 aromatic heterocycles. The maximum absolute atomic E-state index is 10.6. The third-order valence-electron chi connectivity index (χ3n) is 3.45. The zero-order valence-electron chi connectivity index (χ0n) is 12.3. The van der Waals surface area contributed by atoms with Gasteiger partial charge in [-0.1, -0.05) is 43.3 Å². The summed E-state index contributed by atoms with van der Waals surface area (Å²) in [7, 11) is 1.99. The Hall–Kier alpha value is -2.42. The highest BCUT2D eigenvalue weighted by molar-refractivity contribution is 5.69. The van der Waals surface area contributed by atoms with E-state index in [1.165, 1.54) is 0 Å². The molecule has 0 aliphatic rings. The molecule has 1 atom stereocenters. The van der Waals surface area contributed by atoms with Gasteiger partial charge in [0.2, 0.25) is 0 Å². The first-order chi connectivity index (χ1) is 10.0. The van der Waals surface area contributed by atoms with Crippen LogP contribution in [0, 0.1) is 0 Å². The SMILES string of the molecule is CC(CC(=O)[O-])c1ccc(/C=C/c2cc[n+](C)cc2)cc1. The quantitative estimate of drug-likeness (QED) is 0.786. The van der Waals surface area contributed by atoms with Gasteiger partial charge >= 0.3 is 0 Å². The molecule has 1 unspecified atom stereocenters. The molecule has 0 N–H and O–H groups in total. The maximum atomic E-state index is 10.6. The molecular formula is C18H19NO2. The van der Waals surface area contributed by atoms with Gasteiger partial charge in [0, 0.05) is 18.1 Å². The minimum atomic E-state index is -1.01. The zero-order valence-corrected chi connectivity index (χ0v) is 12.3. The van der Waals surface area contributed by atoms with E-state index in [0.29, 0.717) is 0 Å². The number of aromatic nitrogens is 1. The number of aliphatic carboxylic acids is 1. The first-order valence-electron chi connectivity index (χ1n) is 6.98. The Morgan fingerprint density at radius 2 is 1.62 bits per heavy atom. The molecule has 0 fully saturated rings. The summed E-state index contributed by atoms with van der Waals surface area (Å²) in [6, 6.07) is 12.0. The van der Waals surface area contributed by atoms with Crippen molar-refractivity contribution in [1.29, 1.82) is 0 Å². The molecule has 0 aliphatic carbocycles. The van der Waals surface area contributed by atoms with E-state index in [1.54, 1.807) is 0 Å². The number of benzene rings is 1. The van der Waals surface area contributed by atoms with Crippen molar-refractivity contribution in [2.45, 2.75) is 19.3 Å². The third-order valence-corrected chi connectivity index (χ3v) is 3.45. The second kappa shape index (κ2) is 6.84. The summed E-state index contributed by atoms with van der Waals surface area (Å²) in [5, 5.41) is 10.6. The zero-order chi connectivity index (χ0) is 15.2. The van der Waals surface area contributed by atoms with Crippen molar-refractivity contribution < 1.29 is 14.5 Å². The van der Waals surface area contributed by atoms with Gasteiger partial charge in [-0.3, -0.25) is 0 Å². The van der Waals surface area contributed by atoms with E-state index < -0.39 is 5.97 Å². The van der Waals surface area contributed by atoms with Crippen molar-refractivity contribution in [3.8, 4) is 0 Å². The molecule has 0 amide bonds. The largest absolute Gasteiger partial charge is 0.550 e. The van der Waals surface area contributed by atoms with E-state index in [0.717, 1.165) is 16.7 Å². The average molecular weight is 281 g/mol. The molecule has 108 valence electrons. The lowest BCUT2D eigenvalue weighted by atomic mass is 9.97. The van der Waals surface area contributed by atoms with Crippen LogP contribution in [0.4, 0.5) is 0 Å². The minimum Gasteiger partial charge on any atom is -0.550 e. The normalized spacial score (nSPS) is 12.5. The predicted molar refractivity (Wildman–Crippen MR) is 81.0 cm³/mol. The Kier molecular flexibility index (Phi) is 4.88. The Morgan fingerprint density at radius 3 is 2.14 bits per heavy atom. The number of nitrogens with zero attached hydrogens (tertiary/aromatic N) is 1. The van der Waals surface area contributed by atoms with Crippen LogP contribution in [0.2, 0.25) is 0 Å². The van der Waals surface area contributed by atoms with Crippen molar-refractivity contribution in [3.63, 3.8) is 0 Å². The van der Waals surface area contributed by atoms with Gasteiger partial charge in [-0.2, -0.15) is 0 Å². The monoisotopic (exact) mass is 281 g/mol. The average Bonchev–Trinajstić information content (AvgIpc) is 2.46. The third kappa shape index (κ3) is 4.56. The number of carboxylic acids is 1. The molecule has 3 nitrogen and oxygen atoms in total. The molecule has 0 saturated heterocycles. The first kappa shape index (κ1) is 15.0. The van der Waals surface area contributed by atoms with Gasteiger partial charge in [0.05, 0.1) is 0 Å². The number of carbonyl (C=O) groups excluding carboxylic acids is 1. The molecule has 2 rings (SSSR count). The van der Waals surface area contributed by atoms with Crippen LogP contribution in [-0.2, 0) is 11.8 Å². The van der Waals surface area contributed by atoms with Crippen molar-refractivity contribution in [3.05, 3.63) is 65.5 Å². The lowest BCUT2D eigenvalue weighted by Crippen LogP contribution is -2.25. The van der Waals surface area contributed by atoms with Crippen LogP contribution in [0.3, 0.4) is 0 Å². The molecule has 1 aromatic carbocycles. The number of rotatable bonds is 5. The van der Waals surface area contributed by atoms with Gasteiger partial charge in [-0.15, -0.1) is 0 Å². The van der Waals surface area contributed by atoms with Crippen LogP contribution >= 0.6 is 0 Å². The summed E-state index contributed by atoms with van der Waals surface area (Å²) in [5.74, 6) is -1.04. The molecule has 0 saturated carbocycles. The molecule has 0 aliphatic heterocycles. The molecule has 3 heteroatoms. The minimum absolute atomic E-state index is 0.0258. The standard InChI is InChI=1S/C18H19NO2/c1-14(13-18(20)21)17-7-5-15(6-8-17)3-4-16-9-11-19(2)12-10-16/h3-12,14H,13H2,1-2H3/b4-3+. The Bertz CT molecular complexity index is 627. The fourth-order valence-electron chi connectivity index (χ4n) is 2.12. The number of aryl methyl sites for hydroxylation is 1. The fourth-order valence-corrected chi connectivity index (χ4v) is 2.12. The molecule has 21 heavy (non-hydrogen) atoms. The summed E-state index contributed by atoms with van der Waals surface area (Å²) in [6.07, 6.45) is 8.16. The lowest BCUT2D eigenvalue weighted by Gasteiger charge is -2.12. The Labute approximate surface area is 125 Å². The number of hydrogen-bond acceptors (Lipinski definition) is 2. The van der Waals surface area contributed by atoms with Gasteiger partial charge in [0.25, 0.3) is 0 Å². The van der Waals surface area contributed by atoms with Crippen LogP contribution in [0.1, 0.15) is 36.0 Å². The summed E-state index contributed by atoms with van der Waals surface area (Å²) >= 11 is 0. The lowest BCUT2D eigenvalue weighted by molar-refractivity contribution is -0.671. The second-order valence-corrected chi connectivity index (χ2v) is 5.27. The van der Waals surface area contributed by atoms with E-state index in [4.69, 9.17) is 0 Å². The van der Waals surface area contributed by atoms with E-state index in [1.807, 2.05) is 73.4 Å². The van der Waals surface area contributed by atoms with Crippen molar-refractivity contribution in [2.75, 3.05) is 0 Å². The van der Waals surface area contributed by atoms with Gasteiger partial charge < -0.3 is 9.90 Å². The van der Waals surface area contributed by atoms with Crippen LogP contribution in [-0.4, -0.2) is 5.97 Å². The second-order valence-electron chi connectivity index (χ2n) is 5.27. The van der Waals surface area contributed by atoms with E-state index in [2.05, 4.69) is 6.08 Å². The number of hydrogen-bond donors (Lipinski definition) is 0. The molecule has 0 spiro atoms. The van der Waals surface area contributed by atoms with E-state index in [9.17, 15) is 9.90 Å². The molecule has 0 radical (unpaired) electrons. The highest BCUT2D eigenvalue weighted by Crippen LogP contribution is 2.19.